The second-order valence-electron chi connectivity index (χ2n) is 6.42. The van der Waals surface area contributed by atoms with Crippen molar-refractivity contribution in [3.8, 4) is 23.0 Å². The number of nitrogens with one attached hydrogen (secondary N) is 2. The molecule has 8 nitrogen and oxygen atoms in total. The summed E-state index contributed by atoms with van der Waals surface area (Å²) in [6.07, 6.45) is 1.97. The van der Waals surface area contributed by atoms with Gasteiger partial charge in [-0.05, 0) is 30.7 Å². The number of hydrogen-bond donors (Lipinski definition) is 2. The molecule has 8 heteroatoms. The molecule has 0 saturated heterocycles. The summed E-state index contributed by atoms with van der Waals surface area (Å²) in [5.74, 6) is 1.31. The molecule has 0 bridgehead atoms. The second kappa shape index (κ2) is 11.5. The number of methoxy groups -OCH3 is 3. The molecular formula is C22H28N2O6. The highest BCUT2D eigenvalue weighted by atomic mass is 16.5. The fraction of sp³-hybridized carbons (Fsp3) is 0.364. The lowest BCUT2D eigenvalue weighted by atomic mass is 10.1. The van der Waals surface area contributed by atoms with E-state index in [9.17, 15) is 9.59 Å². The topological polar surface area (TPSA) is 95.1 Å². The highest BCUT2D eigenvalue weighted by molar-refractivity contribution is 5.96. The number of benzene rings is 2. The molecule has 0 atom stereocenters. The molecule has 0 aromatic heterocycles. The molecule has 2 rings (SSSR count). The molecule has 0 aliphatic rings. The molecule has 0 radical (unpaired) electrons. The van der Waals surface area contributed by atoms with Gasteiger partial charge in [-0.3, -0.25) is 20.4 Å². The van der Waals surface area contributed by atoms with Gasteiger partial charge in [0.1, 0.15) is 11.5 Å². The molecular weight excluding hydrogens is 388 g/mol. The zero-order valence-electron chi connectivity index (χ0n) is 17.7. The van der Waals surface area contributed by atoms with Gasteiger partial charge in [0, 0.05) is 17.2 Å². The lowest BCUT2D eigenvalue weighted by Crippen LogP contribution is -2.42. The lowest BCUT2D eigenvalue weighted by molar-refractivity contribution is -0.121. The second-order valence-corrected chi connectivity index (χ2v) is 6.42. The van der Waals surface area contributed by atoms with Gasteiger partial charge < -0.3 is 18.9 Å². The van der Waals surface area contributed by atoms with E-state index in [0.717, 1.165) is 12.8 Å². The monoisotopic (exact) mass is 416 g/mol. The normalized spacial score (nSPS) is 10.1. The van der Waals surface area contributed by atoms with E-state index in [1.807, 2.05) is 0 Å². The van der Waals surface area contributed by atoms with Crippen LogP contribution >= 0.6 is 0 Å². The smallest absolute Gasteiger partial charge is 0.269 e. The van der Waals surface area contributed by atoms with Crippen molar-refractivity contribution in [3.05, 3.63) is 47.5 Å². The number of amides is 2. The largest absolute Gasteiger partial charge is 0.497 e. The van der Waals surface area contributed by atoms with E-state index in [4.69, 9.17) is 18.9 Å². The quantitative estimate of drug-likeness (QED) is 0.457. The molecule has 2 N–H and O–H groups in total. The Bertz CT molecular complexity index is 869. The van der Waals surface area contributed by atoms with Crippen molar-refractivity contribution in [2.24, 2.45) is 0 Å². The highest BCUT2D eigenvalue weighted by Gasteiger charge is 2.14. The Morgan fingerprint density at radius 1 is 0.867 bits per heavy atom. The van der Waals surface area contributed by atoms with E-state index in [0.29, 0.717) is 40.7 Å². The molecule has 0 spiro atoms. The third-order valence-electron chi connectivity index (χ3n) is 4.34. The molecule has 30 heavy (non-hydrogen) atoms. The molecule has 0 heterocycles. The van der Waals surface area contributed by atoms with Gasteiger partial charge in [-0.1, -0.05) is 19.4 Å². The van der Waals surface area contributed by atoms with Crippen LogP contribution in [0.4, 0.5) is 0 Å². The van der Waals surface area contributed by atoms with Crippen molar-refractivity contribution in [3.63, 3.8) is 0 Å². The Balaban J connectivity index is 1.95. The number of carbonyl (C=O) groups excluding carboxylic acids is 2. The van der Waals surface area contributed by atoms with E-state index in [2.05, 4.69) is 17.8 Å². The summed E-state index contributed by atoms with van der Waals surface area (Å²) in [6, 6.07) is 10.0. The number of carbonyl (C=O) groups is 2. The summed E-state index contributed by atoms with van der Waals surface area (Å²) in [7, 11) is 4.57. The first-order chi connectivity index (χ1) is 14.5. The fourth-order valence-electron chi connectivity index (χ4n) is 2.67. The van der Waals surface area contributed by atoms with Crippen LogP contribution in [0, 0.1) is 0 Å². The molecule has 2 aromatic rings. The maximum atomic E-state index is 12.4. The van der Waals surface area contributed by atoms with Crippen LogP contribution in [0.25, 0.3) is 0 Å². The molecule has 0 fully saturated rings. The molecule has 0 saturated carbocycles. The van der Waals surface area contributed by atoms with E-state index >= 15 is 0 Å². The maximum Gasteiger partial charge on any atom is 0.269 e. The number of hydrazine groups is 1. The average molecular weight is 416 g/mol. The summed E-state index contributed by atoms with van der Waals surface area (Å²) in [5.41, 5.74) is 5.81. The van der Waals surface area contributed by atoms with Crippen molar-refractivity contribution in [1.29, 1.82) is 0 Å². The minimum absolute atomic E-state index is 0.0287. The van der Waals surface area contributed by atoms with Crippen molar-refractivity contribution >= 4 is 11.8 Å². The molecule has 0 aliphatic heterocycles. The summed E-state index contributed by atoms with van der Waals surface area (Å²) in [5, 5.41) is 0. The van der Waals surface area contributed by atoms with Crippen LogP contribution in [0.5, 0.6) is 23.0 Å². The summed E-state index contributed by atoms with van der Waals surface area (Å²) in [4.78, 5) is 24.6. The number of rotatable bonds is 10. The van der Waals surface area contributed by atoms with E-state index in [1.165, 1.54) is 14.2 Å². The number of hydrogen-bond acceptors (Lipinski definition) is 6. The van der Waals surface area contributed by atoms with E-state index in [1.54, 1.807) is 43.5 Å². The van der Waals surface area contributed by atoms with Crippen LogP contribution in [0.15, 0.2) is 36.4 Å². The standard InChI is InChI=1S/C22H28N2O6/c1-5-6-11-30-18-10-8-16(12-20(18)29-4)22(26)24-23-21(25)13-15-7-9-17(27-2)14-19(15)28-3/h7-10,12,14H,5-6,11,13H2,1-4H3,(H,23,25)(H,24,26). The number of ether oxygens (including phenoxy) is 4. The molecule has 0 aliphatic carbocycles. The third-order valence-corrected chi connectivity index (χ3v) is 4.34. The first-order valence-corrected chi connectivity index (χ1v) is 9.63. The maximum absolute atomic E-state index is 12.4. The van der Waals surface area contributed by atoms with Crippen molar-refractivity contribution < 1.29 is 28.5 Å². The van der Waals surface area contributed by atoms with E-state index < -0.39 is 11.8 Å². The average Bonchev–Trinajstić information content (AvgIpc) is 2.77. The minimum atomic E-state index is -0.469. The van der Waals surface area contributed by atoms with Crippen LogP contribution in [0.3, 0.4) is 0 Å². The molecule has 0 unspecified atom stereocenters. The van der Waals surface area contributed by atoms with Crippen LogP contribution < -0.4 is 29.8 Å². The zero-order valence-corrected chi connectivity index (χ0v) is 17.7. The van der Waals surface area contributed by atoms with Crippen LogP contribution in [0.1, 0.15) is 35.7 Å². The van der Waals surface area contributed by atoms with Crippen molar-refractivity contribution in [1.82, 2.24) is 10.9 Å². The van der Waals surface area contributed by atoms with Gasteiger partial charge >= 0.3 is 0 Å². The molecule has 162 valence electrons. The van der Waals surface area contributed by atoms with Gasteiger partial charge in [0.15, 0.2) is 11.5 Å². The molecule has 2 aromatic carbocycles. The van der Waals surface area contributed by atoms with Crippen LogP contribution in [-0.4, -0.2) is 39.8 Å². The van der Waals surface area contributed by atoms with E-state index in [-0.39, 0.29) is 6.42 Å². The SMILES string of the molecule is CCCCOc1ccc(C(=O)NNC(=O)Cc2ccc(OC)cc2OC)cc1OC. The Kier molecular flexibility index (Phi) is 8.80. The van der Waals surface area contributed by atoms with Gasteiger partial charge in [-0.15, -0.1) is 0 Å². The Hall–Kier alpha value is -3.42. The minimum Gasteiger partial charge on any atom is -0.497 e. The van der Waals surface area contributed by atoms with Crippen LogP contribution in [-0.2, 0) is 11.2 Å². The number of unbranched alkanes of at least 4 members (excludes halogenated alkanes) is 1. The predicted octanol–water partition coefficient (Wildman–Crippen LogP) is 2.90. The highest BCUT2D eigenvalue weighted by Crippen LogP contribution is 2.28. The van der Waals surface area contributed by atoms with Gasteiger partial charge in [-0.25, -0.2) is 0 Å². The van der Waals surface area contributed by atoms with Crippen LogP contribution in [0.2, 0.25) is 0 Å². The van der Waals surface area contributed by atoms with Gasteiger partial charge in [0.2, 0.25) is 5.91 Å². The van der Waals surface area contributed by atoms with Crippen molar-refractivity contribution in [2.75, 3.05) is 27.9 Å². The first-order valence-electron chi connectivity index (χ1n) is 9.63. The summed E-state index contributed by atoms with van der Waals surface area (Å²) >= 11 is 0. The third kappa shape index (κ3) is 6.30. The summed E-state index contributed by atoms with van der Waals surface area (Å²) in [6.45, 7) is 2.65. The van der Waals surface area contributed by atoms with Gasteiger partial charge in [0.25, 0.3) is 5.91 Å². The lowest BCUT2D eigenvalue weighted by Gasteiger charge is -2.13. The first kappa shape index (κ1) is 22.9. The Labute approximate surface area is 176 Å². The van der Waals surface area contributed by atoms with Gasteiger partial charge in [0.05, 0.1) is 34.4 Å². The zero-order chi connectivity index (χ0) is 21.9. The predicted molar refractivity (Wildman–Crippen MR) is 112 cm³/mol. The fourth-order valence-corrected chi connectivity index (χ4v) is 2.67. The van der Waals surface area contributed by atoms with Gasteiger partial charge in [-0.2, -0.15) is 0 Å². The van der Waals surface area contributed by atoms with Crippen molar-refractivity contribution in [2.45, 2.75) is 26.2 Å². The Morgan fingerprint density at radius 2 is 1.63 bits per heavy atom. The molecule has 2 amide bonds. The summed E-state index contributed by atoms with van der Waals surface area (Å²) < 4.78 is 21.4. The Morgan fingerprint density at radius 3 is 2.30 bits per heavy atom.